The summed E-state index contributed by atoms with van der Waals surface area (Å²) in [4.78, 5) is 41.7. The Morgan fingerprint density at radius 1 is 1.11 bits per heavy atom. The van der Waals surface area contributed by atoms with Crippen molar-refractivity contribution in [3.63, 3.8) is 0 Å². The molecule has 4 aromatic rings. The Labute approximate surface area is 216 Å². The van der Waals surface area contributed by atoms with Gasteiger partial charge in [0.25, 0.3) is 11.8 Å². The molecule has 0 saturated carbocycles. The van der Waals surface area contributed by atoms with Gasteiger partial charge in [0.05, 0.1) is 23.4 Å². The van der Waals surface area contributed by atoms with Crippen molar-refractivity contribution in [1.29, 1.82) is 0 Å². The second-order valence-electron chi connectivity index (χ2n) is 7.93. The van der Waals surface area contributed by atoms with E-state index in [-0.39, 0.29) is 22.8 Å². The van der Waals surface area contributed by atoms with E-state index in [4.69, 9.17) is 22.1 Å². The van der Waals surface area contributed by atoms with Crippen molar-refractivity contribution in [1.82, 2.24) is 20.1 Å². The van der Waals surface area contributed by atoms with E-state index in [2.05, 4.69) is 15.4 Å². The third kappa shape index (κ3) is 5.65. The van der Waals surface area contributed by atoms with Crippen molar-refractivity contribution in [3.05, 3.63) is 95.0 Å². The van der Waals surface area contributed by atoms with Gasteiger partial charge in [0, 0.05) is 24.4 Å². The number of halogens is 2. The van der Waals surface area contributed by atoms with Crippen LogP contribution in [0.3, 0.4) is 0 Å². The summed E-state index contributed by atoms with van der Waals surface area (Å²) in [5.41, 5.74) is 6.72. The average Bonchev–Trinajstić information content (AvgIpc) is 3.39. The molecule has 0 saturated heterocycles. The Balaban J connectivity index is 1.62. The van der Waals surface area contributed by atoms with Crippen LogP contribution in [0.5, 0.6) is 5.75 Å². The number of hydrogen-bond acceptors (Lipinski definition) is 6. The van der Waals surface area contributed by atoms with Crippen molar-refractivity contribution in [2.45, 2.75) is 12.5 Å². The Morgan fingerprint density at radius 3 is 2.57 bits per heavy atom. The molecule has 4 rings (SSSR count). The predicted octanol–water partition coefficient (Wildman–Crippen LogP) is 3.13. The summed E-state index contributed by atoms with van der Waals surface area (Å²) in [6, 6.07) is 14.6. The van der Waals surface area contributed by atoms with E-state index in [1.165, 1.54) is 36.2 Å². The Kier molecular flexibility index (Phi) is 7.59. The highest BCUT2D eigenvalue weighted by atomic mass is 35.5. The quantitative estimate of drug-likeness (QED) is 0.326. The van der Waals surface area contributed by atoms with Crippen LogP contribution in [0.15, 0.2) is 73.1 Å². The second-order valence-corrected chi connectivity index (χ2v) is 8.31. The molecular formula is C26H21ClFN5O4. The molecule has 1 unspecified atom stereocenters. The number of nitrogens with zero attached hydrogens (tertiary/aromatic N) is 3. The van der Waals surface area contributed by atoms with Gasteiger partial charge in [-0.3, -0.25) is 14.4 Å². The van der Waals surface area contributed by atoms with Crippen molar-refractivity contribution in [2.24, 2.45) is 5.73 Å². The number of nitrogens with one attached hydrogen (secondary N) is 1. The van der Waals surface area contributed by atoms with Gasteiger partial charge in [0.2, 0.25) is 5.78 Å². The summed E-state index contributed by atoms with van der Waals surface area (Å²) >= 11 is 6.08. The number of carbonyl (C=O) groups is 3. The third-order valence-corrected chi connectivity index (χ3v) is 5.91. The Morgan fingerprint density at radius 2 is 1.86 bits per heavy atom. The van der Waals surface area contributed by atoms with Gasteiger partial charge in [0.15, 0.2) is 5.82 Å². The standard InChI is InChI=1S/C26H21ClFN5O4/c1-37-16-9-7-15(8-10-16)14-21(23(34)24(29)35)31-26(36)18-5-3-12-30-25(18)33-13-11-20(32-33)17-4-2-6-19(28)22(17)27/h2-13,21H,14H2,1H3,(H2,29,35)(H,31,36). The fraction of sp³-hybridized carbons (Fsp3) is 0.115. The van der Waals surface area contributed by atoms with E-state index in [0.29, 0.717) is 22.6 Å². The molecule has 0 spiro atoms. The van der Waals surface area contributed by atoms with Crippen LogP contribution in [0.4, 0.5) is 4.39 Å². The second kappa shape index (κ2) is 11.0. The number of nitrogens with two attached hydrogens (primary N) is 1. The molecule has 188 valence electrons. The number of primary amides is 1. The fourth-order valence-electron chi connectivity index (χ4n) is 3.66. The first kappa shape index (κ1) is 25.5. The lowest BCUT2D eigenvalue weighted by atomic mass is 10.0. The van der Waals surface area contributed by atoms with Crippen LogP contribution in [-0.2, 0) is 16.0 Å². The lowest BCUT2D eigenvalue weighted by Gasteiger charge is -2.17. The number of pyridine rings is 1. The molecule has 2 amide bonds. The average molecular weight is 522 g/mol. The number of rotatable bonds is 9. The number of Topliss-reactive ketones (excluding diaryl/α,β-unsaturated/α-hetero) is 1. The summed E-state index contributed by atoms with van der Waals surface area (Å²) < 4.78 is 20.4. The summed E-state index contributed by atoms with van der Waals surface area (Å²) in [7, 11) is 1.52. The van der Waals surface area contributed by atoms with E-state index < -0.39 is 29.5 Å². The molecule has 9 nitrogen and oxygen atoms in total. The zero-order valence-corrected chi connectivity index (χ0v) is 20.3. The van der Waals surface area contributed by atoms with Gasteiger partial charge in [0.1, 0.15) is 17.6 Å². The fourth-order valence-corrected chi connectivity index (χ4v) is 3.88. The monoisotopic (exact) mass is 521 g/mol. The first-order valence-electron chi connectivity index (χ1n) is 11.0. The molecule has 0 bridgehead atoms. The van der Waals surface area contributed by atoms with Gasteiger partial charge >= 0.3 is 0 Å². The largest absolute Gasteiger partial charge is 0.497 e. The minimum atomic E-state index is -1.22. The van der Waals surface area contributed by atoms with Crippen LogP contribution in [0.1, 0.15) is 15.9 Å². The lowest BCUT2D eigenvalue weighted by Crippen LogP contribution is -2.47. The normalized spacial score (nSPS) is 11.5. The minimum Gasteiger partial charge on any atom is -0.497 e. The Bertz CT molecular complexity index is 1470. The van der Waals surface area contributed by atoms with E-state index >= 15 is 0 Å². The molecule has 2 heterocycles. The molecule has 0 radical (unpaired) electrons. The summed E-state index contributed by atoms with van der Waals surface area (Å²) in [5.74, 6) is -2.62. The molecule has 0 aliphatic rings. The molecule has 37 heavy (non-hydrogen) atoms. The smallest absolute Gasteiger partial charge is 0.287 e. The topological polar surface area (TPSA) is 129 Å². The highest BCUT2D eigenvalue weighted by molar-refractivity contribution is 6.38. The van der Waals surface area contributed by atoms with Gasteiger partial charge in [-0.2, -0.15) is 5.10 Å². The maximum atomic E-state index is 13.9. The Hall–Kier alpha value is -4.57. The number of aromatic nitrogens is 3. The molecule has 0 aliphatic carbocycles. The van der Waals surface area contributed by atoms with Crippen LogP contribution >= 0.6 is 11.6 Å². The van der Waals surface area contributed by atoms with Crippen LogP contribution in [-0.4, -0.2) is 45.5 Å². The highest BCUT2D eigenvalue weighted by Gasteiger charge is 2.27. The molecule has 0 fully saturated rings. The van der Waals surface area contributed by atoms with E-state index in [1.807, 2.05) is 0 Å². The maximum absolute atomic E-state index is 13.9. The van der Waals surface area contributed by atoms with Gasteiger partial charge < -0.3 is 15.8 Å². The van der Waals surface area contributed by atoms with Crippen molar-refractivity contribution < 1.29 is 23.5 Å². The van der Waals surface area contributed by atoms with Crippen molar-refractivity contribution in [2.75, 3.05) is 7.11 Å². The zero-order valence-electron chi connectivity index (χ0n) is 19.5. The molecule has 0 aliphatic heterocycles. The molecular weight excluding hydrogens is 501 g/mol. The zero-order chi connectivity index (χ0) is 26.5. The molecule has 3 N–H and O–H groups in total. The van der Waals surface area contributed by atoms with Crippen molar-refractivity contribution in [3.8, 4) is 22.8 Å². The summed E-state index contributed by atoms with van der Waals surface area (Å²) in [5, 5.41) is 6.89. The first-order valence-corrected chi connectivity index (χ1v) is 11.4. The van der Waals surface area contributed by atoms with E-state index in [1.54, 1.807) is 48.7 Å². The number of carbonyl (C=O) groups excluding carboxylic acids is 3. The number of hydrogen-bond donors (Lipinski definition) is 2. The van der Waals surface area contributed by atoms with Crippen LogP contribution < -0.4 is 15.8 Å². The van der Waals surface area contributed by atoms with Gasteiger partial charge in [-0.05, 0) is 42.0 Å². The highest BCUT2D eigenvalue weighted by Crippen LogP contribution is 2.29. The maximum Gasteiger partial charge on any atom is 0.287 e. The van der Waals surface area contributed by atoms with Gasteiger partial charge in [-0.15, -0.1) is 0 Å². The van der Waals surface area contributed by atoms with E-state index in [9.17, 15) is 18.8 Å². The van der Waals surface area contributed by atoms with Gasteiger partial charge in [-0.25, -0.2) is 14.1 Å². The number of amides is 2. The molecule has 2 aromatic heterocycles. The van der Waals surface area contributed by atoms with Gasteiger partial charge in [-0.1, -0.05) is 35.9 Å². The predicted molar refractivity (Wildman–Crippen MR) is 134 cm³/mol. The molecule has 2 aromatic carbocycles. The summed E-state index contributed by atoms with van der Waals surface area (Å²) in [6.07, 6.45) is 3.03. The lowest BCUT2D eigenvalue weighted by molar-refractivity contribution is -0.137. The van der Waals surface area contributed by atoms with Crippen molar-refractivity contribution >= 4 is 29.2 Å². The number of methoxy groups -OCH3 is 1. The number of ketones is 1. The SMILES string of the molecule is COc1ccc(CC(NC(=O)c2cccnc2-n2ccc(-c3cccc(F)c3Cl)n2)C(=O)C(N)=O)cc1. The number of ether oxygens (including phenoxy) is 1. The molecule has 11 heteroatoms. The minimum absolute atomic E-state index is 0.0249. The van der Waals surface area contributed by atoms with Crippen LogP contribution in [0, 0.1) is 5.82 Å². The third-order valence-electron chi connectivity index (χ3n) is 5.53. The van der Waals surface area contributed by atoms with Crippen LogP contribution in [0.25, 0.3) is 17.1 Å². The number of benzene rings is 2. The van der Waals surface area contributed by atoms with E-state index in [0.717, 1.165) is 0 Å². The summed E-state index contributed by atoms with van der Waals surface area (Å²) in [6.45, 7) is 0. The first-order chi connectivity index (χ1) is 17.8. The molecule has 1 atom stereocenters. The van der Waals surface area contributed by atoms with Crippen LogP contribution in [0.2, 0.25) is 5.02 Å².